The van der Waals surface area contributed by atoms with Gasteiger partial charge in [-0.25, -0.2) is 0 Å². The van der Waals surface area contributed by atoms with Crippen LogP contribution in [0.5, 0.6) is 0 Å². The zero-order valence-electron chi connectivity index (χ0n) is 14.1. The lowest BCUT2D eigenvalue weighted by molar-refractivity contribution is -0.122. The Balaban J connectivity index is 1.81. The van der Waals surface area contributed by atoms with Crippen LogP contribution in [0.25, 0.3) is 6.08 Å². The second-order valence-corrected chi connectivity index (χ2v) is 6.87. The van der Waals surface area contributed by atoms with E-state index in [2.05, 4.69) is 30.4 Å². The molecule has 0 bridgehead atoms. The summed E-state index contributed by atoms with van der Waals surface area (Å²) in [4.78, 5) is 14.3. The van der Waals surface area contributed by atoms with Crippen molar-refractivity contribution < 1.29 is 4.79 Å². The Kier molecular flexibility index (Phi) is 5.46. The highest BCUT2D eigenvalue weighted by Gasteiger charge is 2.41. The smallest absolute Gasteiger partial charge is 0.276 e. The maximum Gasteiger partial charge on any atom is 0.276 e. The van der Waals surface area contributed by atoms with E-state index in [0.717, 1.165) is 31.2 Å². The molecular formula is C20H24N2OS. The molecule has 24 heavy (non-hydrogen) atoms. The number of allylic oxidation sites excluding steroid dienone is 2. The van der Waals surface area contributed by atoms with Crippen LogP contribution in [0.15, 0.2) is 47.7 Å². The molecular weight excluding hydrogens is 316 g/mol. The minimum Gasteiger partial charge on any atom is -0.328 e. The average molecular weight is 340 g/mol. The van der Waals surface area contributed by atoms with Crippen LogP contribution in [0.4, 0.5) is 0 Å². The lowest BCUT2D eigenvalue weighted by Gasteiger charge is -2.11. The van der Waals surface area contributed by atoms with Crippen LogP contribution in [0.2, 0.25) is 0 Å². The normalized spacial score (nSPS) is 20.0. The van der Waals surface area contributed by atoms with Crippen molar-refractivity contribution in [3.8, 4) is 0 Å². The van der Waals surface area contributed by atoms with Gasteiger partial charge in [-0.2, -0.15) is 0 Å². The molecule has 1 aliphatic carbocycles. The number of hydrogen-bond acceptors (Lipinski definition) is 2. The number of carbonyl (C=O) groups excluding carboxylic acids is 1. The summed E-state index contributed by atoms with van der Waals surface area (Å²) in [6.07, 6.45) is 10.8. The number of unbranched alkanes of at least 4 members (excludes halogenated alkanes) is 2. The topological polar surface area (TPSA) is 32.3 Å². The summed E-state index contributed by atoms with van der Waals surface area (Å²) in [5, 5.41) is 3.67. The van der Waals surface area contributed by atoms with Crippen LogP contribution in [0.3, 0.4) is 0 Å². The summed E-state index contributed by atoms with van der Waals surface area (Å²) in [6, 6.07) is 10.6. The lowest BCUT2D eigenvalue weighted by Crippen LogP contribution is -2.32. The molecule has 1 aromatic rings. The highest BCUT2D eigenvalue weighted by molar-refractivity contribution is 7.80. The SMILES string of the molecule is CCCCCC(=C/c1ccccc1)/C=C1/NC(=S)N(C2CC2)C1=O. The van der Waals surface area contributed by atoms with Gasteiger partial charge in [0, 0.05) is 6.04 Å². The standard InChI is InChI=1S/C20H24N2OS/c1-2-3-5-10-16(13-15-8-6-4-7-9-15)14-18-19(23)22(17-11-12-17)20(24)21-18/h4,6-9,13-14,17H,2-3,5,10-12H2,1H3,(H,21,24)/b16-13-,18-14+. The van der Waals surface area contributed by atoms with E-state index >= 15 is 0 Å². The molecule has 0 unspecified atom stereocenters. The van der Waals surface area contributed by atoms with E-state index in [0.29, 0.717) is 16.9 Å². The monoisotopic (exact) mass is 340 g/mol. The van der Waals surface area contributed by atoms with Crippen LogP contribution in [0, 0.1) is 0 Å². The van der Waals surface area contributed by atoms with E-state index in [1.165, 1.54) is 18.4 Å². The summed E-state index contributed by atoms with van der Waals surface area (Å²) in [7, 11) is 0. The molecule has 1 amide bonds. The van der Waals surface area contributed by atoms with E-state index in [-0.39, 0.29) is 5.91 Å². The molecule has 3 rings (SSSR count). The molecule has 1 saturated carbocycles. The summed E-state index contributed by atoms with van der Waals surface area (Å²) in [5.74, 6) is 0.0250. The van der Waals surface area contributed by atoms with E-state index in [9.17, 15) is 4.79 Å². The van der Waals surface area contributed by atoms with Gasteiger partial charge in [-0.05, 0) is 55.1 Å². The van der Waals surface area contributed by atoms with Crippen molar-refractivity contribution in [3.63, 3.8) is 0 Å². The highest BCUT2D eigenvalue weighted by Crippen LogP contribution is 2.31. The Morgan fingerprint density at radius 2 is 2.04 bits per heavy atom. The van der Waals surface area contributed by atoms with Gasteiger partial charge in [-0.1, -0.05) is 56.2 Å². The van der Waals surface area contributed by atoms with Gasteiger partial charge in [0.2, 0.25) is 0 Å². The predicted molar refractivity (Wildman–Crippen MR) is 102 cm³/mol. The van der Waals surface area contributed by atoms with Crippen LogP contribution in [-0.2, 0) is 4.79 Å². The first kappa shape index (κ1) is 16.9. The Hall–Kier alpha value is -1.94. The van der Waals surface area contributed by atoms with Gasteiger partial charge in [-0.15, -0.1) is 0 Å². The van der Waals surface area contributed by atoms with Gasteiger partial charge in [0.05, 0.1) is 0 Å². The fourth-order valence-corrected chi connectivity index (χ4v) is 3.27. The summed E-state index contributed by atoms with van der Waals surface area (Å²) in [6.45, 7) is 2.20. The summed E-state index contributed by atoms with van der Waals surface area (Å²) < 4.78 is 0. The predicted octanol–water partition coefficient (Wildman–Crippen LogP) is 4.41. The number of amides is 1. The van der Waals surface area contributed by atoms with E-state index in [1.807, 2.05) is 24.3 Å². The molecule has 0 aromatic heterocycles. The van der Waals surface area contributed by atoms with Gasteiger partial charge < -0.3 is 5.32 Å². The van der Waals surface area contributed by atoms with Gasteiger partial charge in [0.15, 0.2) is 5.11 Å². The van der Waals surface area contributed by atoms with Crippen LogP contribution < -0.4 is 5.32 Å². The molecule has 0 atom stereocenters. The molecule has 1 saturated heterocycles. The van der Waals surface area contributed by atoms with Gasteiger partial charge in [0.25, 0.3) is 5.91 Å². The number of thiocarbonyl (C=S) groups is 1. The fourth-order valence-electron chi connectivity index (χ4n) is 2.93. The Labute approximate surface area is 149 Å². The van der Waals surface area contributed by atoms with Crippen molar-refractivity contribution in [3.05, 3.63) is 53.2 Å². The number of nitrogens with one attached hydrogen (secondary N) is 1. The van der Waals surface area contributed by atoms with Crippen molar-refractivity contribution in [1.82, 2.24) is 10.2 Å². The highest BCUT2D eigenvalue weighted by atomic mass is 32.1. The quantitative estimate of drug-likeness (QED) is 0.453. The first-order valence-electron chi connectivity index (χ1n) is 8.81. The number of benzene rings is 1. The second kappa shape index (κ2) is 7.75. The van der Waals surface area contributed by atoms with Crippen molar-refractivity contribution >= 4 is 29.3 Å². The molecule has 2 fully saturated rings. The number of carbonyl (C=O) groups is 1. The minimum atomic E-state index is 0.0250. The lowest BCUT2D eigenvalue weighted by atomic mass is 10.0. The van der Waals surface area contributed by atoms with Crippen LogP contribution in [-0.4, -0.2) is 22.0 Å². The zero-order chi connectivity index (χ0) is 16.9. The molecule has 126 valence electrons. The molecule has 2 aliphatic rings. The number of hydrogen-bond donors (Lipinski definition) is 1. The Morgan fingerprint density at radius 3 is 2.71 bits per heavy atom. The molecule has 1 aliphatic heterocycles. The van der Waals surface area contributed by atoms with Crippen molar-refractivity contribution in [2.24, 2.45) is 0 Å². The third-order valence-corrected chi connectivity index (χ3v) is 4.67. The number of nitrogens with zero attached hydrogens (tertiary/aromatic N) is 1. The maximum atomic E-state index is 12.6. The van der Waals surface area contributed by atoms with E-state index < -0.39 is 0 Å². The summed E-state index contributed by atoms with van der Waals surface area (Å²) in [5.41, 5.74) is 2.95. The first-order chi connectivity index (χ1) is 11.7. The minimum absolute atomic E-state index is 0.0250. The van der Waals surface area contributed by atoms with Crippen molar-refractivity contribution in [2.45, 2.75) is 51.5 Å². The largest absolute Gasteiger partial charge is 0.328 e. The van der Waals surface area contributed by atoms with Gasteiger partial charge in [0.1, 0.15) is 5.70 Å². The van der Waals surface area contributed by atoms with Crippen molar-refractivity contribution in [2.75, 3.05) is 0 Å². The van der Waals surface area contributed by atoms with E-state index in [4.69, 9.17) is 12.2 Å². The number of rotatable bonds is 7. The molecule has 1 aromatic carbocycles. The Morgan fingerprint density at radius 1 is 1.29 bits per heavy atom. The first-order valence-corrected chi connectivity index (χ1v) is 9.21. The van der Waals surface area contributed by atoms with Crippen molar-refractivity contribution in [1.29, 1.82) is 0 Å². The van der Waals surface area contributed by atoms with Crippen LogP contribution >= 0.6 is 12.2 Å². The van der Waals surface area contributed by atoms with Gasteiger partial charge in [-0.3, -0.25) is 9.69 Å². The summed E-state index contributed by atoms with van der Waals surface area (Å²) >= 11 is 5.33. The molecule has 1 heterocycles. The Bertz CT molecular complexity index is 674. The molecule has 4 heteroatoms. The molecule has 0 radical (unpaired) electrons. The average Bonchev–Trinajstić information content (AvgIpc) is 3.36. The van der Waals surface area contributed by atoms with E-state index in [1.54, 1.807) is 4.90 Å². The third-order valence-electron chi connectivity index (χ3n) is 4.37. The van der Waals surface area contributed by atoms with Crippen LogP contribution in [0.1, 0.15) is 51.0 Å². The zero-order valence-corrected chi connectivity index (χ0v) is 14.9. The molecule has 1 N–H and O–H groups in total. The second-order valence-electron chi connectivity index (χ2n) is 6.48. The molecule has 0 spiro atoms. The van der Waals surface area contributed by atoms with Gasteiger partial charge >= 0.3 is 0 Å². The third kappa shape index (κ3) is 4.12. The maximum absolute atomic E-state index is 12.6. The fraction of sp³-hybridized carbons (Fsp3) is 0.400. The molecule has 3 nitrogen and oxygen atoms in total.